The summed E-state index contributed by atoms with van der Waals surface area (Å²) < 4.78 is 25.6. The molecule has 1 aliphatic heterocycles. The van der Waals surface area contributed by atoms with Crippen LogP contribution in [-0.2, 0) is 21.4 Å². The number of rotatable bonds is 6. The number of amides is 1. The Bertz CT molecular complexity index is 913. The number of piperazine rings is 1. The monoisotopic (exact) mass is 421 g/mol. The molecule has 0 radical (unpaired) electrons. The summed E-state index contributed by atoms with van der Waals surface area (Å²) in [6, 6.07) is 17.1. The summed E-state index contributed by atoms with van der Waals surface area (Å²) in [5.41, 5.74) is 1.81. The molecule has 6 nitrogen and oxygen atoms in total. The lowest BCUT2D eigenvalue weighted by molar-refractivity contribution is -0.131. The summed E-state index contributed by atoms with van der Waals surface area (Å²) in [6.45, 7) is 2.47. The molecule has 3 rings (SSSR count). The predicted molar refractivity (Wildman–Crippen MR) is 112 cm³/mol. The van der Waals surface area contributed by atoms with E-state index in [4.69, 9.17) is 11.6 Å². The Morgan fingerprint density at radius 3 is 2.21 bits per heavy atom. The van der Waals surface area contributed by atoms with E-state index in [2.05, 4.69) is 4.90 Å². The first-order valence-corrected chi connectivity index (χ1v) is 11.3. The highest BCUT2D eigenvalue weighted by Gasteiger charge is 2.26. The molecule has 1 aliphatic rings. The van der Waals surface area contributed by atoms with E-state index in [0.717, 1.165) is 25.0 Å². The van der Waals surface area contributed by atoms with Crippen LogP contribution in [0, 0.1) is 0 Å². The minimum Gasteiger partial charge on any atom is -0.368 e. The number of para-hydroxylation sites is 1. The molecule has 0 aliphatic carbocycles. The maximum absolute atomic E-state index is 12.7. The zero-order valence-corrected chi connectivity index (χ0v) is 17.4. The van der Waals surface area contributed by atoms with Gasteiger partial charge in [0.2, 0.25) is 15.9 Å². The molecular weight excluding hydrogens is 398 g/mol. The van der Waals surface area contributed by atoms with Gasteiger partial charge in [-0.25, -0.2) is 8.42 Å². The van der Waals surface area contributed by atoms with Gasteiger partial charge in [0, 0.05) is 43.4 Å². The minimum atomic E-state index is -3.55. The standard InChI is InChI=1S/C20H24ClN3O3S/c1-28(26,27)24(15-17-7-5-6-10-19(17)21)16-20(25)23-13-11-22(12-14-23)18-8-3-2-4-9-18/h2-10H,11-16H2,1H3. The van der Waals surface area contributed by atoms with E-state index in [1.54, 1.807) is 29.2 Å². The molecule has 2 aromatic rings. The fourth-order valence-corrected chi connectivity index (χ4v) is 4.12. The minimum absolute atomic E-state index is 0.0776. The van der Waals surface area contributed by atoms with Crippen molar-refractivity contribution in [3.63, 3.8) is 0 Å². The Kier molecular flexibility index (Phi) is 6.59. The van der Waals surface area contributed by atoms with Gasteiger partial charge < -0.3 is 9.80 Å². The summed E-state index contributed by atoms with van der Waals surface area (Å²) in [5.74, 6) is -0.190. The fourth-order valence-electron chi connectivity index (χ4n) is 3.21. The molecule has 0 unspecified atom stereocenters. The van der Waals surface area contributed by atoms with E-state index in [0.29, 0.717) is 23.7 Å². The molecule has 0 N–H and O–H groups in total. The van der Waals surface area contributed by atoms with Gasteiger partial charge in [-0.1, -0.05) is 48.0 Å². The quantitative estimate of drug-likeness (QED) is 0.718. The average Bonchev–Trinajstić information content (AvgIpc) is 2.69. The van der Waals surface area contributed by atoms with E-state index in [9.17, 15) is 13.2 Å². The third-order valence-corrected chi connectivity index (χ3v) is 6.40. The molecule has 1 saturated heterocycles. The van der Waals surface area contributed by atoms with Gasteiger partial charge in [0.1, 0.15) is 0 Å². The third kappa shape index (κ3) is 5.25. The van der Waals surface area contributed by atoms with Crippen molar-refractivity contribution in [1.29, 1.82) is 0 Å². The number of hydrogen-bond donors (Lipinski definition) is 0. The van der Waals surface area contributed by atoms with Crippen molar-refractivity contribution in [2.24, 2.45) is 0 Å². The molecule has 2 aromatic carbocycles. The van der Waals surface area contributed by atoms with Crippen LogP contribution in [0.3, 0.4) is 0 Å². The van der Waals surface area contributed by atoms with Crippen molar-refractivity contribution in [3.8, 4) is 0 Å². The second kappa shape index (κ2) is 8.94. The summed E-state index contributed by atoms with van der Waals surface area (Å²) >= 11 is 6.16. The van der Waals surface area contributed by atoms with Crippen molar-refractivity contribution < 1.29 is 13.2 Å². The summed E-state index contributed by atoms with van der Waals surface area (Å²) in [4.78, 5) is 16.7. The van der Waals surface area contributed by atoms with Crippen LogP contribution in [0.5, 0.6) is 0 Å². The topological polar surface area (TPSA) is 60.9 Å². The van der Waals surface area contributed by atoms with Crippen LogP contribution in [0.4, 0.5) is 5.69 Å². The van der Waals surface area contributed by atoms with E-state index >= 15 is 0 Å². The average molecular weight is 422 g/mol. The van der Waals surface area contributed by atoms with Crippen molar-refractivity contribution >= 4 is 33.2 Å². The van der Waals surface area contributed by atoms with E-state index < -0.39 is 10.0 Å². The SMILES string of the molecule is CS(=O)(=O)N(CC(=O)N1CCN(c2ccccc2)CC1)Cc1ccccc1Cl. The van der Waals surface area contributed by atoms with E-state index in [-0.39, 0.29) is 19.0 Å². The van der Waals surface area contributed by atoms with Crippen LogP contribution in [0.25, 0.3) is 0 Å². The van der Waals surface area contributed by atoms with Gasteiger partial charge in [-0.05, 0) is 23.8 Å². The van der Waals surface area contributed by atoms with Crippen LogP contribution in [0.15, 0.2) is 54.6 Å². The van der Waals surface area contributed by atoms with Gasteiger partial charge >= 0.3 is 0 Å². The van der Waals surface area contributed by atoms with Gasteiger partial charge in [-0.2, -0.15) is 4.31 Å². The van der Waals surface area contributed by atoms with Crippen molar-refractivity contribution in [2.75, 3.05) is 43.9 Å². The largest absolute Gasteiger partial charge is 0.368 e. The van der Waals surface area contributed by atoms with Crippen molar-refractivity contribution in [2.45, 2.75) is 6.54 Å². The summed E-state index contributed by atoms with van der Waals surface area (Å²) in [5, 5.41) is 0.486. The fraction of sp³-hybridized carbons (Fsp3) is 0.350. The zero-order chi connectivity index (χ0) is 20.1. The van der Waals surface area contributed by atoms with Crippen LogP contribution in [-0.4, -0.2) is 62.5 Å². The van der Waals surface area contributed by atoms with Crippen LogP contribution in [0.1, 0.15) is 5.56 Å². The highest BCUT2D eigenvalue weighted by molar-refractivity contribution is 7.88. The molecule has 0 atom stereocenters. The predicted octanol–water partition coefficient (Wildman–Crippen LogP) is 2.45. The Labute approximate surface area is 171 Å². The highest BCUT2D eigenvalue weighted by Crippen LogP contribution is 2.19. The maximum Gasteiger partial charge on any atom is 0.238 e. The molecule has 28 heavy (non-hydrogen) atoms. The Morgan fingerprint density at radius 1 is 1.00 bits per heavy atom. The van der Waals surface area contributed by atoms with Gasteiger partial charge in [0.25, 0.3) is 0 Å². The molecule has 0 saturated carbocycles. The number of carbonyl (C=O) groups is 1. The second-order valence-corrected chi connectivity index (χ2v) is 9.22. The Balaban J connectivity index is 1.62. The lowest BCUT2D eigenvalue weighted by Crippen LogP contribution is -2.51. The lowest BCUT2D eigenvalue weighted by atomic mass is 10.2. The van der Waals surface area contributed by atoms with Gasteiger partial charge in [0.15, 0.2) is 0 Å². The number of sulfonamides is 1. The molecule has 1 heterocycles. The van der Waals surface area contributed by atoms with Crippen molar-refractivity contribution in [1.82, 2.24) is 9.21 Å². The zero-order valence-electron chi connectivity index (χ0n) is 15.8. The first kappa shape index (κ1) is 20.6. The molecule has 1 amide bonds. The summed E-state index contributed by atoms with van der Waals surface area (Å²) in [6.07, 6.45) is 1.12. The number of halogens is 1. The third-order valence-electron chi connectivity index (χ3n) is 4.84. The lowest BCUT2D eigenvalue weighted by Gasteiger charge is -2.36. The maximum atomic E-state index is 12.7. The number of hydrogen-bond acceptors (Lipinski definition) is 4. The number of nitrogens with zero attached hydrogens (tertiary/aromatic N) is 3. The number of benzene rings is 2. The normalized spacial score (nSPS) is 15.1. The molecule has 1 fully saturated rings. The first-order chi connectivity index (χ1) is 13.3. The molecule has 0 spiro atoms. The molecule has 8 heteroatoms. The van der Waals surface area contributed by atoms with Crippen molar-refractivity contribution in [3.05, 3.63) is 65.2 Å². The smallest absolute Gasteiger partial charge is 0.238 e. The Hall–Kier alpha value is -2.09. The van der Waals surface area contributed by atoms with Crippen LogP contribution in [0.2, 0.25) is 5.02 Å². The molecular formula is C20H24ClN3O3S. The van der Waals surface area contributed by atoms with E-state index in [1.165, 1.54) is 4.31 Å². The van der Waals surface area contributed by atoms with Gasteiger partial charge in [-0.15, -0.1) is 0 Å². The Morgan fingerprint density at radius 2 is 1.61 bits per heavy atom. The van der Waals surface area contributed by atoms with Crippen LogP contribution >= 0.6 is 11.6 Å². The van der Waals surface area contributed by atoms with Crippen LogP contribution < -0.4 is 4.90 Å². The highest BCUT2D eigenvalue weighted by atomic mass is 35.5. The molecule has 150 valence electrons. The van der Waals surface area contributed by atoms with E-state index in [1.807, 2.05) is 30.3 Å². The van der Waals surface area contributed by atoms with Gasteiger partial charge in [0.05, 0.1) is 12.8 Å². The first-order valence-electron chi connectivity index (χ1n) is 9.11. The summed E-state index contributed by atoms with van der Waals surface area (Å²) in [7, 11) is -3.55. The number of anilines is 1. The second-order valence-electron chi connectivity index (χ2n) is 6.83. The molecule has 0 bridgehead atoms. The molecule has 0 aromatic heterocycles. The van der Waals surface area contributed by atoms with Gasteiger partial charge in [-0.3, -0.25) is 4.79 Å². The number of carbonyl (C=O) groups excluding carboxylic acids is 1.